The highest BCUT2D eigenvalue weighted by atomic mass is 16.5. The second-order valence-corrected chi connectivity index (χ2v) is 4.79. The number of hydrogen-bond acceptors (Lipinski definition) is 4. The maximum atomic E-state index is 11.4. The number of amides is 1. The highest BCUT2D eigenvalue weighted by Gasteiger charge is 2.01. The number of hydrogen-bond donors (Lipinski definition) is 2. The molecule has 1 amide bonds. The molecule has 0 saturated heterocycles. The van der Waals surface area contributed by atoms with Crippen molar-refractivity contribution in [3.63, 3.8) is 0 Å². The number of ether oxygens (including phenoxy) is 2. The predicted molar refractivity (Wildman–Crippen MR) is 81.4 cm³/mol. The third-order valence-corrected chi connectivity index (χ3v) is 2.86. The monoisotopic (exact) mass is 309 g/mol. The minimum Gasteiger partial charge on any atom is -0.481 e. The summed E-state index contributed by atoms with van der Waals surface area (Å²) in [5.41, 5.74) is 1.10. The number of unbranched alkanes of at least 4 members (excludes halogenated alkanes) is 1. The average molecular weight is 309 g/mol. The van der Waals surface area contributed by atoms with Gasteiger partial charge in [0.05, 0.1) is 19.8 Å². The third-order valence-electron chi connectivity index (χ3n) is 2.86. The number of aliphatic carboxylic acids is 1. The molecule has 1 aromatic rings. The van der Waals surface area contributed by atoms with Crippen molar-refractivity contribution in [3.05, 3.63) is 35.9 Å². The Balaban J connectivity index is 1.89. The van der Waals surface area contributed by atoms with Gasteiger partial charge in [0.15, 0.2) is 0 Å². The Morgan fingerprint density at radius 3 is 2.50 bits per heavy atom. The van der Waals surface area contributed by atoms with Gasteiger partial charge in [0.2, 0.25) is 5.91 Å². The number of carbonyl (C=O) groups excluding carboxylic acids is 1. The molecule has 0 spiro atoms. The molecule has 0 aromatic heterocycles. The molecule has 0 fully saturated rings. The van der Waals surface area contributed by atoms with Crippen LogP contribution in [0.2, 0.25) is 0 Å². The Hall–Kier alpha value is -1.92. The maximum Gasteiger partial charge on any atom is 0.303 e. The van der Waals surface area contributed by atoms with Crippen molar-refractivity contribution in [2.75, 3.05) is 26.4 Å². The Bertz CT molecular complexity index is 435. The topological polar surface area (TPSA) is 84.9 Å². The smallest absolute Gasteiger partial charge is 0.303 e. The van der Waals surface area contributed by atoms with Crippen LogP contribution in [0.3, 0.4) is 0 Å². The number of carboxylic acid groups (broad SMARTS) is 1. The normalized spacial score (nSPS) is 10.4. The minimum absolute atomic E-state index is 0.00632. The summed E-state index contributed by atoms with van der Waals surface area (Å²) in [4.78, 5) is 21.7. The summed E-state index contributed by atoms with van der Waals surface area (Å²) < 4.78 is 10.6. The Morgan fingerprint density at radius 1 is 1.05 bits per heavy atom. The first-order valence-electron chi connectivity index (χ1n) is 7.36. The molecular formula is C16H23NO5. The fourth-order valence-electron chi connectivity index (χ4n) is 1.73. The zero-order valence-electron chi connectivity index (χ0n) is 12.6. The molecule has 6 heteroatoms. The van der Waals surface area contributed by atoms with E-state index in [2.05, 4.69) is 5.32 Å². The molecule has 0 aliphatic heterocycles. The van der Waals surface area contributed by atoms with E-state index in [1.165, 1.54) is 0 Å². The van der Waals surface area contributed by atoms with Gasteiger partial charge in [0.25, 0.3) is 0 Å². The molecule has 0 atom stereocenters. The van der Waals surface area contributed by atoms with Crippen LogP contribution in [0.5, 0.6) is 0 Å². The molecule has 0 heterocycles. The van der Waals surface area contributed by atoms with E-state index in [1.54, 1.807) is 0 Å². The van der Waals surface area contributed by atoms with E-state index in [0.717, 1.165) is 5.56 Å². The van der Waals surface area contributed by atoms with E-state index in [9.17, 15) is 9.59 Å². The molecule has 0 radical (unpaired) electrons. The second-order valence-electron chi connectivity index (χ2n) is 4.79. The molecule has 0 aliphatic rings. The van der Waals surface area contributed by atoms with Gasteiger partial charge in [-0.2, -0.15) is 0 Å². The third kappa shape index (κ3) is 9.90. The fourth-order valence-corrected chi connectivity index (χ4v) is 1.73. The molecule has 0 bridgehead atoms. The maximum absolute atomic E-state index is 11.4. The van der Waals surface area contributed by atoms with Gasteiger partial charge in [-0.25, -0.2) is 0 Å². The number of benzene rings is 1. The van der Waals surface area contributed by atoms with Crippen LogP contribution in [-0.2, 0) is 25.7 Å². The van der Waals surface area contributed by atoms with E-state index >= 15 is 0 Å². The molecule has 0 saturated carbocycles. The lowest BCUT2D eigenvalue weighted by molar-refractivity contribution is -0.137. The quantitative estimate of drug-likeness (QED) is 0.573. The fraction of sp³-hybridized carbons (Fsp3) is 0.500. The summed E-state index contributed by atoms with van der Waals surface area (Å²) in [5.74, 6) is -1.01. The lowest BCUT2D eigenvalue weighted by Crippen LogP contribution is -2.29. The molecule has 6 nitrogen and oxygen atoms in total. The van der Waals surface area contributed by atoms with Crippen LogP contribution in [0.15, 0.2) is 30.3 Å². The van der Waals surface area contributed by atoms with Gasteiger partial charge in [0, 0.05) is 13.0 Å². The van der Waals surface area contributed by atoms with Crippen LogP contribution < -0.4 is 5.32 Å². The summed E-state index contributed by atoms with van der Waals surface area (Å²) in [6, 6.07) is 9.83. The molecule has 0 aliphatic carbocycles. The van der Waals surface area contributed by atoms with E-state index in [0.29, 0.717) is 39.2 Å². The Morgan fingerprint density at radius 2 is 1.77 bits per heavy atom. The van der Waals surface area contributed by atoms with Crippen LogP contribution in [0.25, 0.3) is 0 Å². The van der Waals surface area contributed by atoms with Crippen LogP contribution in [0.4, 0.5) is 0 Å². The van der Waals surface area contributed by atoms with Gasteiger partial charge in [0.1, 0.15) is 6.61 Å². The second kappa shape index (κ2) is 11.7. The zero-order valence-corrected chi connectivity index (χ0v) is 12.6. The summed E-state index contributed by atoms with van der Waals surface area (Å²) in [7, 11) is 0. The highest BCUT2D eigenvalue weighted by Crippen LogP contribution is 2.00. The van der Waals surface area contributed by atoms with Gasteiger partial charge in [-0.1, -0.05) is 30.3 Å². The first-order chi connectivity index (χ1) is 10.7. The standard InChI is InChI=1S/C16H23NO5/c18-15(17-9-5-4-8-16(19)20)13-22-11-10-21-12-14-6-2-1-3-7-14/h1-3,6-7H,4-5,8-13H2,(H,17,18)(H,19,20). The molecule has 1 aromatic carbocycles. The molecule has 2 N–H and O–H groups in total. The molecule has 1 rings (SSSR count). The van der Waals surface area contributed by atoms with Crippen LogP contribution in [-0.4, -0.2) is 43.3 Å². The van der Waals surface area contributed by atoms with Crippen LogP contribution >= 0.6 is 0 Å². The summed E-state index contributed by atoms with van der Waals surface area (Å²) in [6.45, 7) is 1.79. The van der Waals surface area contributed by atoms with E-state index in [-0.39, 0.29) is 18.9 Å². The van der Waals surface area contributed by atoms with Crippen LogP contribution in [0, 0.1) is 0 Å². The van der Waals surface area contributed by atoms with Crippen molar-refractivity contribution < 1.29 is 24.2 Å². The average Bonchev–Trinajstić information content (AvgIpc) is 2.51. The zero-order chi connectivity index (χ0) is 16.0. The van der Waals surface area contributed by atoms with Gasteiger partial charge in [-0.3, -0.25) is 9.59 Å². The predicted octanol–water partition coefficient (Wildman–Crippen LogP) is 1.59. The molecule has 122 valence electrons. The van der Waals surface area contributed by atoms with Crippen molar-refractivity contribution >= 4 is 11.9 Å². The number of carboxylic acids is 1. The lowest BCUT2D eigenvalue weighted by Gasteiger charge is -2.07. The van der Waals surface area contributed by atoms with Crippen molar-refractivity contribution in [1.82, 2.24) is 5.32 Å². The largest absolute Gasteiger partial charge is 0.481 e. The van der Waals surface area contributed by atoms with E-state index < -0.39 is 5.97 Å². The molecular weight excluding hydrogens is 286 g/mol. The first kappa shape index (κ1) is 18.1. The van der Waals surface area contributed by atoms with Gasteiger partial charge >= 0.3 is 5.97 Å². The van der Waals surface area contributed by atoms with Crippen molar-refractivity contribution in [2.24, 2.45) is 0 Å². The Kier molecular flexibility index (Phi) is 9.65. The van der Waals surface area contributed by atoms with Gasteiger partial charge < -0.3 is 19.9 Å². The molecule has 0 unspecified atom stereocenters. The summed E-state index contributed by atoms with van der Waals surface area (Å²) in [6.07, 6.45) is 1.34. The minimum atomic E-state index is -0.815. The number of carbonyl (C=O) groups is 2. The van der Waals surface area contributed by atoms with Gasteiger partial charge in [-0.05, 0) is 18.4 Å². The van der Waals surface area contributed by atoms with E-state index in [4.69, 9.17) is 14.6 Å². The SMILES string of the molecule is O=C(O)CCCCNC(=O)COCCOCc1ccccc1. The summed E-state index contributed by atoms with van der Waals surface area (Å²) >= 11 is 0. The number of nitrogens with one attached hydrogen (secondary N) is 1. The first-order valence-corrected chi connectivity index (χ1v) is 7.36. The van der Waals surface area contributed by atoms with E-state index in [1.807, 2.05) is 30.3 Å². The van der Waals surface area contributed by atoms with Crippen molar-refractivity contribution in [1.29, 1.82) is 0 Å². The van der Waals surface area contributed by atoms with Crippen molar-refractivity contribution in [2.45, 2.75) is 25.9 Å². The highest BCUT2D eigenvalue weighted by molar-refractivity contribution is 5.77. The van der Waals surface area contributed by atoms with Gasteiger partial charge in [-0.15, -0.1) is 0 Å². The molecule has 22 heavy (non-hydrogen) atoms. The lowest BCUT2D eigenvalue weighted by atomic mass is 10.2. The summed E-state index contributed by atoms with van der Waals surface area (Å²) in [5, 5.41) is 11.1. The van der Waals surface area contributed by atoms with Crippen molar-refractivity contribution in [3.8, 4) is 0 Å². The number of rotatable bonds is 12. The van der Waals surface area contributed by atoms with Crippen LogP contribution in [0.1, 0.15) is 24.8 Å². The Labute approximate surface area is 130 Å².